The van der Waals surface area contributed by atoms with Crippen LogP contribution in [-0.4, -0.2) is 47.0 Å². The maximum absolute atomic E-state index is 11.8. The molecule has 0 aliphatic carbocycles. The highest BCUT2D eigenvalue weighted by atomic mass is 16.5. The maximum atomic E-state index is 11.8. The highest BCUT2D eigenvalue weighted by Gasteiger charge is 2.29. The first-order valence-corrected chi connectivity index (χ1v) is 6.60. The van der Waals surface area contributed by atoms with Crippen LogP contribution in [0.25, 0.3) is 0 Å². The van der Waals surface area contributed by atoms with Gasteiger partial charge in [0, 0.05) is 25.9 Å². The summed E-state index contributed by atoms with van der Waals surface area (Å²) in [6.07, 6.45) is 2.55. The number of carbonyl (C=O) groups is 2. The highest BCUT2D eigenvalue weighted by Crippen LogP contribution is 2.24. The molecule has 8 heteroatoms. The van der Waals surface area contributed by atoms with E-state index in [0.717, 1.165) is 12.8 Å². The molecule has 20 heavy (non-hydrogen) atoms. The molecule has 0 bridgehead atoms. The van der Waals surface area contributed by atoms with Crippen LogP contribution in [0.2, 0.25) is 0 Å². The summed E-state index contributed by atoms with van der Waals surface area (Å²) in [5.74, 6) is 0.483. The fourth-order valence-corrected chi connectivity index (χ4v) is 2.39. The Kier molecular flexibility index (Phi) is 3.21. The van der Waals surface area contributed by atoms with E-state index in [1.807, 2.05) is 0 Å². The molecule has 2 amide bonds. The molecule has 0 radical (unpaired) electrons. The normalized spacial score (nSPS) is 19.1. The van der Waals surface area contributed by atoms with Crippen LogP contribution in [0.3, 0.4) is 0 Å². The van der Waals surface area contributed by atoms with Crippen LogP contribution in [0, 0.1) is 0 Å². The largest absolute Gasteiger partial charge is 0.467 e. The third-order valence-electron chi connectivity index (χ3n) is 3.40. The van der Waals surface area contributed by atoms with Gasteiger partial charge >= 0.3 is 6.01 Å². The molecule has 3 heterocycles. The van der Waals surface area contributed by atoms with Gasteiger partial charge in [0.2, 0.25) is 23.7 Å². The first-order valence-electron chi connectivity index (χ1n) is 6.60. The van der Waals surface area contributed by atoms with Crippen LogP contribution in [0.5, 0.6) is 6.01 Å². The Labute approximate surface area is 115 Å². The average Bonchev–Trinajstić information content (AvgIpc) is 3.06. The molecule has 2 aliphatic heterocycles. The minimum atomic E-state index is -0.0167. The van der Waals surface area contributed by atoms with Crippen molar-refractivity contribution in [1.29, 1.82) is 0 Å². The number of ether oxygens (including phenoxy) is 1. The minimum Gasteiger partial charge on any atom is -0.467 e. The fourth-order valence-electron chi connectivity index (χ4n) is 2.39. The zero-order valence-electron chi connectivity index (χ0n) is 11.2. The van der Waals surface area contributed by atoms with Gasteiger partial charge in [-0.25, -0.2) is 0 Å². The number of rotatable bonds is 3. The predicted octanol–water partition coefficient (Wildman–Crippen LogP) is 0.134. The second-order valence-electron chi connectivity index (χ2n) is 4.72. The van der Waals surface area contributed by atoms with E-state index in [0.29, 0.717) is 25.9 Å². The molecule has 0 spiro atoms. The van der Waals surface area contributed by atoms with Gasteiger partial charge in [-0.05, 0) is 12.8 Å². The van der Waals surface area contributed by atoms with Crippen molar-refractivity contribution in [3.63, 3.8) is 0 Å². The van der Waals surface area contributed by atoms with Crippen LogP contribution < -0.4 is 14.5 Å². The number of hydrogen-bond donors (Lipinski definition) is 0. The van der Waals surface area contributed by atoms with Crippen LogP contribution in [-0.2, 0) is 9.59 Å². The predicted molar refractivity (Wildman–Crippen MR) is 69.6 cm³/mol. The lowest BCUT2D eigenvalue weighted by Gasteiger charge is -2.18. The van der Waals surface area contributed by atoms with E-state index in [9.17, 15) is 9.59 Å². The Hall–Kier alpha value is -2.25. The Bertz CT molecular complexity index is 518. The molecule has 1 aromatic heterocycles. The Morgan fingerprint density at radius 3 is 1.75 bits per heavy atom. The van der Waals surface area contributed by atoms with Crippen molar-refractivity contribution in [2.75, 3.05) is 30.0 Å². The van der Waals surface area contributed by atoms with E-state index in [4.69, 9.17) is 4.74 Å². The van der Waals surface area contributed by atoms with Crippen LogP contribution in [0.15, 0.2) is 0 Å². The fraction of sp³-hybridized carbons (Fsp3) is 0.583. The van der Waals surface area contributed by atoms with Gasteiger partial charge in [0.25, 0.3) is 0 Å². The van der Waals surface area contributed by atoms with Crippen molar-refractivity contribution in [2.24, 2.45) is 0 Å². The Balaban J connectivity index is 1.98. The smallest absolute Gasteiger partial charge is 0.322 e. The average molecular weight is 277 g/mol. The van der Waals surface area contributed by atoms with E-state index in [2.05, 4.69) is 15.0 Å². The lowest BCUT2D eigenvalue weighted by molar-refractivity contribution is -0.117. The second-order valence-corrected chi connectivity index (χ2v) is 4.72. The van der Waals surface area contributed by atoms with E-state index in [1.165, 1.54) is 16.9 Å². The summed E-state index contributed by atoms with van der Waals surface area (Å²) in [5, 5.41) is 0. The molecule has 0 saturated carbocycles. The molecule has 0 aromatic carbocycles. The molecule has 2 saturated heterocycles. The number of methoxy groups -OCH3 is 1. The topological polar surface area (TPSA) is 88.5 Å². The molecule has 106 valence electrons. The number of hydrogen-bond acceptors (Lipinski definition) is 6. The third-order valence-corrected chi connectivity index (χ3v) is 3.40. The monoisotopic (exact) mass is 277 g/mol. The molecule has 8 nitrogen and oxygen atoms in total. The molecule has 0 atom stereocenters. The highest BCUT2D eigenvalue weighted by molar-refractivity contribution is 5.95. The summed E-state index contributed by atoms with van der Waals surface area (Å²) in [5.41, 5.74) is 0. The van der Waals surface area contributed by atoms with Gasteiger partial charge in [0.05, 0.1) is 7.11 Å². The molecular weight excluding hydrogens is 262 g/mol. The lowest BCUT2D eigenvalue weighted by Crippen LogP contribution is -2.30. The molecule has 1 aromatic rings. The maximum Gasteiger partial charge on any atom is 0.322 e. The van der Waals surface area contributed by atoms with Crippen LogP contribution in [0.4, 0.5) is 11.9 Å². The summed E-state index contributed by atoms with van der Waals surface area (Å²) >= 11 is 0. The van der Waals surface area contributed by atoms with Crippen molar-refractivity contribution >= 4 is 23.7 Å². The van der Waals surface area contributed by atoms with Crippen molar-refractivity contribution in [2.45, 2.75) is 25.7 Å². The van der Waals surface area contributed by atoms with Gasteiger partial charge in [-0.2, -0.15) is 15.0 Å². The molecular formula is C12H15N5O3. The number of anilines is 2. The SMILES string of the molecule is COc1nc(N2CCCC2=O)nc(N2CCCC2=O)n1. The molecule has 2 aliphatic rings. The zero-order chi connectivity index (χ0) is 14.1. The molecule has 0 unspecified atom stereocenters. The second kappa shape index (κ2) is 5.03. The third kappa shape index (κ3) is 2.17. The van der Waals surface area contributed by atoms with Crippen LogP contribution >= 0.6 is 0 Å². The summed E-state index contributed by atoms with van der Waals surface area (Å²) in [4.78, 5) is 39.0. The number of aromatic nitrogens is 3. The zero-order valence-corrected chi connectivity index (χ0v) is 11.2. The standard InChI is InChI=1S/C12H15N5O3/c1-20-12-14-10(16-6-2-4-8(16)18)13-11(15-12)17-7-3-5-9(17)19/h2-7H2,1H3. The van der Waals surface area contributed by atoms with Gasteiger partial charge in [0.1, 0.15) is 0 Å². The first-order chi connectivity index (χ1) is 9.69. The summed E-state index contributed by atoms with van der Waals surface area (Å²) in [6.45, 7) is 1.17. The number of nitrogens with zero attached hydrogens (tertiary/aromatic N) is 5. The van der Waals surface area contributed by atoms with E-state index >= 15 is 0 Å². The van der Waals surface area contributed by atoms with Gasteiger partial charge < -0.3 is 4.74 Å². The number of carbonyl (C=O) groups excluding carboxylic acids is 2. The van der Waals surface area contributed by atoms with Crippen molar-refractivity contribution < 1.29 is 14.3 Å². The van der Waals surface area contributed by atoms with Crippen molar-refractivity contribution in [3.8, 4) is 6.01 Å². The summed E-state index contributed by atoms with van der Waals surface area (Å²) in [7, 11) is 1.44. The molecule has 3 rings (SSSR count). The van der Waals surface area contributed by atoms with Gasteiger partial charge in [0.15, 0.2) is 0 Å². The van der Waals surface area contributed by atoms with Crippen molar-refractivity contribution in [3.05, 3.63) is 0 Å². The molecule has 0 N–H and O–H groups in total. The lowest BCUT2D eigenvalue weighted by atomic mass is 10.4. The van der Waals surface area contributed by atoms with Crippen molar-refractivity contribution in [1.82, 2.24) is 15.0 Å². The van der Waals surface area contributed by atoms with Gasteiger partial charge in [-0.15, -0.1) is 0 Å². The minimum absolute atomic E-state index is 0.0167. The van der Waals surface area contributed by atoms with Crippen LogP contribution in [0.1, 0.15) is 25.7 Å². The van der Waals surface area contributed by atoms with E-state index < -0.39 is 0 Å². The Morgan fingerprint density at radius 1 is 0.900 bits per heavy atom. The Morgan fingerprint density at radius 2 is 1.40 bits per heavy atom. The quantitative estimate of drug-likeness (QED) is 0.780. The molecule has 2 fully saturated rings. The number of amides is 2. The van der Waals surface area contributed by atoms with E-state index in [1.54, 1.807) is 0 Å². The summed E-state index contributed by atoms with van der Waals surface area (Å²) < 4.78 is 5.05. The first kappa shape index (κ1) is 12.8. The summed E-state index contributed by atoms with van der Waals surface area (Å²) in [6, 6.07) is 0.115. The van der Waals surface area contributed by atoms with Gasteiger partial charge in [-0.3, -0.25) is 19.4 Å². The van der Waals surface area contributed by atoms with E-state index in [-0.39, 0.29) is 29.7 Å². The van der Waals surface area contributed by atoms with Gasteiger partial charge in [-0.1, -0.05) is 0 Å².